The fourth-order valence-corrected chi connectivity index (χ4v) is 1.46. The Labute approximate surface area is 88.7 Å². The minimum atomic E-state index is 0.453. The molecule has 4 nitrogen and oxygen atoms in total. The van der Waals surface area contributed by atoms with Gasteiger partial charge >= 0.3 is 0 Å². The van der Waals surface area contributed by atoms with Crippen molar-refractivity contribution in [2.24, 2.45) is 5.73 Å². The van der Waals surface area contributed by atoms with Crippen LogP contribution in [0.4, 0.5) is 0 Å². The topological polar surface area (TPSA) is 52.5 Å². The third kappa shape index (κ3) is 1.94. The van der Waals surface area contributed by atoms with Crippen LogP contribution in [0.2, 0.25) is 0 Å². The largest absolute Gasteiger partial charge is 0.490 e. The highest BCUT2D eigenvalue weighted by atomic mass is 16.5. The van der Waals surface area contributed by atoms with Crippen LogP contribution in [0.15, 0.2) is 24.5 Å². The molecular weight excluding hydrogens is 190 g/mol. The smallest absolute Gasteiger partial charge is 0.179 e. The number of rotatable bonds is 4. The summed E-state index contributed by atoms with van der Waals surface area (Å²) in [5, 5.41) is 0. The zero-order chi connectivity index (χ0) is 10.7. The van der Waals surface area contributed by atoms with E-state index in [1.54, 1.807) is 0 Å². The molecule has 0 radical (unpaired) electrons. The molecule has 0 fully saturated rings. The molecular formula is C11H15N3O. The number of pyridine rings is 1. The van der Waals surface area contributed by atoms with E-state index < -0.39 is 0 Å². The molecule has 80 valence electrons. The van der Waals surface area contributed by atoms with Gasteiger partial charge in [-0.3, -0.25) is 0 Å². The first-order valence-corrected chi connectivity index (χ1v) is 5.14. The van der Waals surface area contributed by atoms with Gasteiger partial charge in [-0.1, -0.05) is 6.92 Å². The van der Waals surface area contributed by atoms with Gasteiger partial charge in [0.05, 0.1) is 12.3 Å². The quantitative estimate of drug-likeness (QED) is 0.824. The van der Waals surface area contributed by atoms with Gasteiger partial charge in [0, 0.05) is 18.9 Å². The molecule has 4 heteroatoms. The van der Waals surface area contributed by atoms with E-state index in [-0.39, 0.29) is 0 Å². The van der Waals surface area contributed by atoms with Crippen LogP contribution in [0.5, 0.6) is 5.75 Å². The number of aromatic nitrogens is 2. The molecule has 0 spiro atoms. The molecule has 0 amide bonds. The number of hydrogen-bond acceptors (Lipinski definition) is 3. The first-order chi connectivity index (χ1) is 7.35. The van der Waals surface area contributed by atoms with Crippen LogP contribution >= 0.6 is 0 Å². The summed E-state index contributed by atoms with van der Waals surface area (Å²) in [4.78, 5) is 4.40. The van der Waals surface area contributed by atoms with Gasteiger partial charge in [-0.15, -0.1) is 0 Å². The number of imidazole rings is 1. The third-order valence-corrected chi connectivity index (χ3v) is 2.17. The molecule has 0 saturated carbocycles. The molecule has 0 unspecified atom stereocenters. The average Bonchev–Trinajstić information content (AvgIpc) is 2.69. The second kappa shape index (κ2) is 4.31. The van der Waals surface area contributed by atoms with Crippen molar-refractivity contribution in [2.45, 2.75) is 19.9 Å². The molecule has 0 aliphatic rings. The van der Waals surface area contributed by atoms with Crippen LogP contribution < -0.4 is 10.5 Å². The second-order valence-corrected chi connectivity index (χ2v) is 3.39. The Bertz CT molecular complexity index is 450. The summed E-state index contributed by atoms with van der Waals surface area (Å²) in [6, 6.07) is 3.87. The number of ether oxygens (including phenoxy) is 1. The number of fused-ring (bicyclic) bond motifs is 1. The summed E-state index contributed by atoms with van der Waals surface area (Å²) in [6.45, 7) is 3.25. The Kier molecular flexibility index (Phi) is 2.87. The van der Waals surface area contributed by atoms with Crippen molar-refractivity contribution in [1.29, 1.82) is 0 Å². The van der Waals surface area contributed by atoms with E-state index in [0.29, 0.717) is 13.2 Å². The molecule has 0 aromatic carbocycles. The molecule has 2 N–H and O–H groups in total. The zero-order valence-corrected chi connectivity index (χ0v) is 8.81. The lowest BCUT2D eigenvalue weighted by Crippen LogP contribution is -1.97. The van der Waals surface area contributed by atoms with Gasteiger partial charge in [0.15, 0.2) is 11.4 Å². The van der Waals surface area contributed by atoms with Crippen molar-refractivity contribution in [2.75, 3.05) is 6.61 Å². The number of hydrogen-bond donors (Lipinski definition) is 1. The van der Waals surface area contributed by atoms with E-state index in [4.69, 9.17) is 10.5 Å². The van der Waals surface area contributed by atoms with Gasteiger partial charge in [0.1, 0.15) is 0 Å². The summed E-state index contributed by atoms with van der Waals surface area (Å²) in [6.07, 6.45) is 4.86. The van der Waals surface area contributed by atoms with Gasteiger partial charge < -0.3 is 14.9 Å². The van der Waals surface area contributed by atoms with Crippen LogP contribution in [-0.2, 0) is 6.54 Å². The third-order valence-electron chi connectivity index (χ3n) is 2.17. The molecule has 2 rings (SSSR count). The van der Waals surface area contributed by atoms with Gasteiger partial charge in [0.2, 0.25) is 0 Å². The molecule has 2 aromatic heterocycles. The van der Waals surface area contributed by atoms with Crippen molar-refractivity contribution in [3.63, 3.8) is 0 Å². The van der Waals surface area contributed by atoms with Gasteiger partial charge in [-0.25, -0.2) is 4.98 Å². The van der Waals surface area contributed by atoms with E-state index in [2.05, 4.69) is 11.9 Å². The lowest BCUT2D eigenvalue weighted by atomic mass is 10.4. The fraction of sp³-hybridized carbons (Fsp3) is 0.364. The van der Waals surface area contributed by atoms with E-state index >= 15 is 0 Å². The maximum absolute atomic E-state index is 5.60. The highest BCUT2D eigenvalue weighted by Gasteiger charge is 2.05. The monoisotopic (exact) mass is 205 g/mol. The molecule has 0 aliphatic carbocycles. The van der Waals surface area contributed by atoms with E-state index in [1.807, 2.05) is 28.9 Å². The van der Waals surface area contributed by atoms with Crippen LogP contribution in [0.3, 0.4) is 0 Å². The molecule has 0 saturated heterocycles. The molecule has 0 aliphatic heterocycles. The van der Waals surface area contributed by atoms with Gasteiger partial charge in [-0.05, 0) is 18.6 Å². The van der Waals surface area contributed by atoms with E-state index in [1.165, 1.54) is 0 Å². The van der Waals surface area contributed by atoms with Gasteiger partial charge in [-0.2, -0.15) is 0 Å². The minimum absolute atomic E-state index is 0.453. The SMILES string of the molecule is CCCOc1cccn2cc(CN)nc12. The van der Waals surface area contributed by atoms with Crippen LogP contribution in [0.1, 0.15) is 19.0 Å². The Hall–Kier alpha value is -1.55. The Balaban J connectivity index is 2.40. The average molecular weight is 205 g/mol. The molecule has 2 heterocycles. The highest BCUT2D eigenvalue weighted by Crippen LogP contribution is 2.18. The van der Waals surface area contributed by atoms with Crippen LogP contribution in [0, 0.1) is 0 Å². The summed E-state index contributed by atoms with van der Waals surface area (Å²) >= 11 is 0. The summed E-state index contributed by atoms with van der Waals surface area (Å²) in [5.74, 6) is 0.819. The Morgan fingerprint density at radius 1 is 1.53 bits per heavy atom. The Morgan fingerprint density at radius 2 is 2.40 bits per heavy atom. The van der Waals surface area contributed by atoms with E-state index in [0.717, 1.165) is 23.5 Å². The first kappa shape index (κ1) is 9.98. The standard InChI is InChI=1S/C11H15N3O/c1-2-6-15-10-4-3-5-14-8-9(7-12)13-11(10)14/h3-5,8H,2,6-7,12H2,1H3. The zero-order valence-electron chi connectivity index (χ0n) is 8.81. The summed E-state index contributed by atoms with van der Waals surface area (Å²) < 4.78 is 7.54. The lowest BCUT2D eigenvalue weighted by molar-refractivity contribution is 0.319. The van der Waals surface area contributed by atoms with Crippen molar-refractivity contribution < 1.29 is 4.74 Å². The first-order valence-electron chi connectivity index (χ1n) is 5.14. The van der Waals surface area contributed by atoms with Crippen molar-refractivity contribution in [3.8, 4) is 5.75 Å². The maximum Gasteiger partial charge on any atom is 0.179 e. The Morgan fingerprint density at radius 3 is 3.13 bits per heavy atom. The fourth-order valence-electron chi connectivity index (χ4n) is 1.46. The van der Waals surface area contributed by atoms with Crippen LogP contribution in [0.25, 0.3) is 5.65 Å². The highest BCUT2D eigenvalue weighted by molar-refractivity contribution is 5.54. The number of nitrogens with zero attached hydrogens (tertiary/aromatic N) is 2. The molecule has 0 atom stereocenters. The van der Waals surface area contributed by atoms with Crippen molar-refractivity contribution in [3.05, 3.63) is 30.2 Å². The van der Waals surface area contributed by atoms with Gasteiger partial charge in [0.25, 0.3) is 0 Å². The maximum atomic E-state index is 5.60. The molecule has 0 bridgehead atoms. The van der Waals surface area contributed by atoms with Crippen LogP contribution in [-0.4, -0.2) is 16.0 Å². The van der Waals surface area contributed by atoms with Crippen molar-refractivity contribution >= 4 is 5.65 Å². The molecule has 2 aromatic rings. The second-order valence-electron chi connectivity index (χ2n) is 3.39. The van der Waals surface area contributed by atoms with E-state index in [9.17, 15) is 0 Å². The summed E-state index contributed by atoms with van der Waals surface area (Å²) in [5.41, 5.74) is 7.26. The minimum Gasteiger partial charge on any atom is -0.490 e. The predicted molar refractivity (Wildman–Crippen MR) is 58.9 cm³/mol. The number of nitrogens with two attached hydrogens (primary N) is 1. The lowest BCUT2D eigenvalue weighted by Gasteiger charge is -2.04. The molecule has 15 heavy (non-hydrogen) atoms. The summed E-state index contributed by atoms with van der Waals surface area (Å²) in [7, 11) is 0. The normalized spacial score (nSPS) is 10.8. The van der Waals surface area contributed by atoms with Crippen molar-refractivity contribution in [1.82, 2.24) is 9.38 Å². The predicted octanol–water partition coefficient (Wildman–Crippen LogP) is 1.58.